The molecule has 0 bridgehead atoms. The summed E-state index contributed by atoms with van der Waals surface area (Å²) in [6.45, 7) is 1.68. The molecule has 7 heteroatoms. The molecule has 0 atom stereocenters. The summed E-state index contributed by atoms with van der Waals surface area (Å²) < 4.78 is 28.9. The lowest BCUT2D eigenvalue weighted by atomic mass is 10.2. The quantitative estimate of drug-likeness (QED) is 0.616. The fourth-order valence-electron chi connectivity index (χ4n) is 2.34. The molecule has 26 heavy (non-hydrogen) atoms. The van der Waals surface area contributed by atoms with Crippen LogP contribution in [-0.2, 0) is 6.54 Å². The van der Waals surface area contributed by atoms with Gasteiger partial charge in [-0.25, -0.2) is 4.39 Å². The number of likely N-dealkylation sites (N-methyl/N-ethyl adjacent to an activating group) is 1. The van der Waals surface area contributed by atoms with E-state index in [1.54, 1.807) is 19.2 Å². The van der Waals surface area contributed by atoms with Crippen LogP contribution in [-0.4, -0.2) is 42.3 Å². The second kappa shape index (κ2) is 8.44. The van der Waals surface area contributed by atoms with Crippen LogP contribution in [0.15, 0.2) is 53.1 Å². The number of aromatic nitrogens is 2. The first-order valence-electron chi connectivity index (χ1n) is 8.18. The van der Waals surface area contributed by atoms with Crippen LogP contribution in [0.5, 0.6) is 11.5 Å². The van der Waals surface area contributed by atoms with Crippen LogP contribution in [0.1, 0.15) is 5.82 Å². The summed E-state index contributed by atoms with van der Waals surface area (Å²) >= 11 is 0. The van der Waals surface area contributed by atoms with Gasteiger partial charge >= 0.3 is 0 Å². The first kappa shape index (κ1) is 17.9. The average molecular weight is 357 g/mol. The molecule has 0 saturated heterocycles. The monoisotopic (exact) mass is 357 g/mol. The molecule has 0 aliphatic carbocycles. The second-order valence-electron chi connectivity index (χ2n) is 5.78. The molecule has 0 radical (unpaired) electrons. The van der Waals surface area contributed by atoms with Gasteiger partial charge in [-0.2, -0.15) is 4.98 Å². The maximum atomic E-state index is 12.8. The minimum absolute atomic E-state index is 0.278. The molecule has 1 aromatic heterocycles. The molecule has 3 rings (SSSR count). The van der Waals surface area contributed by atoms with Gasteiger partial charge in [0.15, 0.2) is 5.82 Å². The topological polar surface area (TPSA) is 60.6 Å². The third-order valence-electron chi connectivity index (χ3n) is 3.77. The highest BCUT2D eigenvalue weighted by Crippen LogP contribution is 2.20. The molecule has 6 nitrogen and oxygen atoms in total. The van der Waals surface area contributed by atoms with Crippen molar-refractivity contribution >= 4 is 0 Å². The predicted molar refractivity (Wildman–Crippen MR) is 94.5 cm³/mol. The van der Waals surface area contributed by atoms with Crippen molar-refractivity contribution in [3.05, 3.63) is 60.2 Å². The van der Waals surface area contributed by atoms with Crippen LogP contribution in [0.25, 0.3) is 11.5 Å². The molecule has 0 aliphatic rings. The van der Waals surface area contributed by atoms with Crippen molar-refractivity contribution < 1.29 is 18.4 Å². The number of nitrogens with zero attached hydrogens (tertiary/aromatic N) is 3. The van der Waals surface area contributed by atoms with Gasteiger partial charge < -0.3 is 14.0 Å². The van der Waals surface area contributed by atoms with Gasteiger partial charge in [-0.1, -0.05) is 5.16 Å². The Morgan fingerprint density at radius 1 is 1.04 bits per heavy atom. The molecular formula is C19H20FN3O3. The summed E-state index contributed by atoms with van der Waals surface area (Å²) in [6.07, 6.45) is 0. The lowest BCUT2D eigenvalue weighted by Gasteiger charge is -2.14. The second-order valence-corrected chi connectivity index (χ2v) is 5.78. The van der Waals surface area contributed by atoms with Gasteiger partial charge in [0.2, 0.25) is 0 Å². The summed E-state index contributed by atoms with van der Waals surface area (Å²) in [5.41, 5.74) is 0.840. The van der Waals surface area contributed by atoms with E-state index in [0.717, 1.165) is 11.3 Å². The van der Waals surface area contributed by atoms with Crippen LogP contribution >= 0.6 is 0 Å². The molecular weight excluding hydrogens is 337 g/mol. The number of hydrogen-bond acceptors (Lipinski definition) is 6. The third-order valence-corrected chi connectivity index (χ3v) is 3.77. The SMILES string of the molecule is COc1ccc(-c2nc(CN(C)CCOc3ccc(F)cc3)no2)cc1. The molecule has 136 valence electrons. The summed E-state index contributed by atoms with van der Waals surface area (Å²) in [7, 11) is 3.56. The van der Waals surface area contributed by atoms with E-state index in [2.05, 4.69) is 10.1 Å². The largest absolute Gasteiger partial charge is 0.497 e. The Morgan fingerprint density at radius 3 is 2.42 bits per heavy atom. The fraction of sp³-hybridized carbons (Fsp3) is 0.263. The zero-order chi connectivity index (χ0) is 18.4. The highest BCUT2D eigenvalue weighted by Gasteiger charge is 2.11. The highest BCUT2D eigenvalue weighted by molar-refractivity contribution is 5.54. The zero-order valence-electron chi connectivity index (χ0n) is 14.7. The van der Waals surface area contributed by atoms with Crippen molar-refractivity contribution in [3.8, 4) is 23.0 Å². The van der Waals surface area contributed by atoms with Crippen molar-refractivity contribution in [3.63, 3.8) is 0 Å². The maximum absolute atomic E-state index is 12.8. The van der Waals surface area contributed by atoms with Crippen molar-refractivity contribution in [2.24, 2.45) is 0 Å². The van der Waals surface area contributed by atoms with Gasteiger partial charge in [0.25, 0.3) is 5.89 Å². The molecule has 0 aliphatic heterocycles. The first-order chi connectivity index (χ1) is 12.6. The number of ether oxygens (including phenoxy) is 2. The summed E-state index contributed by atoms with van der Waals surface area (Å²) in [6, 6.07) is 13.4. The Bertz CT molecular complexity index is 819. The van der Waals surface area contributed by atoms with E-state index in [1.165, 1.54) is 12.1 Å². The van der Waals surface area contributed by atoms with Crippen LogP contribution in [0.4, 0.5) is 4.39 Å². The normalized spacial score (nSPS) is 10.9. The van der Waals surface area contributed by atoms with Gasteiger partial charge in [-0.05, 0) is 55.6 Å². The molecule has 0 saturated carbocycles. The number of halogens is 1. The smallest absolute Gasteiger partial charge is 0.257 e. The molecule has 1 heterocycles. The van der Waals surface area contributed by atoms with Crippen molar-refractivity contribution in [1.82, 2.24) is 15.0 Å². The van der Waals surface area contributed by atoms with E-state index in [0.29, 0.717) is 37.2 Å². The van der Waals surface area contributed by atoms with Gasteiger partial charge in [0.05, 0.1) is 13.7 Å². The molecule has 0 amide bonds. The maximum Gasteiger partial charge on any atom is 0.257 e. The molecule has 0 unspecified atom stereocenters. The minimum Gasteiger partial charge on any atom is -0.497 e. The van der Waals surface area contributed by atoms with Crippen LogP contribution < -0.4 is 9.47 Å². The first-order valence-corrected chi connectivity index (χ1v) is 8.18. The van der Waals surface area contributed by atoms with Crippen molar-refractivity contribution in [1.29, 1.82) is 0 Å². The average Bonchev–Trinajstić information content (AvgIpc) is 3.12. The molecule has 0 spiro atoms. The molecule has 0 fully saturated rings. The Balaban J connectivity index is 1.49. The molecule has 2 aromatic carbocycles. The van der Waals surface area contributed by atoms with E-state index in [-0.39, 0.29) is 5.82 Å². The van der Waals surface area contributed by atoms with Crippen molar-refractivity contribution in [2.45, 2.75) is 6.54 Å². The Hall–Kier alpha value is -2.93. The standard InChI is InChI=1S/C19H20FN3O3/c1-23(11-12-25-17-9-5-15(20)6-10-17)13-18-21-19(26-22-18)14-3-7-16(24-2)8-4-14/h3-10H,11-13H2,1-2H3. The number of hydrogen-bond donors (Lipinski definition) is 0. The molecule has 3 aromatic rings. The molecule has 0 N–H and O–H groups in total. The van der Waals surface area contributed by atoms with Gasteiger partial charge in [-0.15, -0.1) is 0 Å². The van der Waals surface area contributed by atoms with E-state index >= 15 is 0 Å². The highest BCUT2D eigenvalue weighted by atomic mass is 19.1. The van der Waals surface area contributed by atoms with Crippen molar-refractivity contribution in [2.75, 3.05) is 27.3 Å². The van der Waals surface area contributed by atoms with E-state index in [4.69, 9.17) is 14.0 Å². The summed E-state index contributed by atoms with van der Waals surface area (Å²) in [5.74, 6) is 2.20. The zero-order valence-corrected chi connectivity index (χ0v) is 14.7. The Labute approximate surface area is 151 Å². The number of rotatable bonds is 8. The predicted octanol–water partition coefficient (Wildman–Crippen LogP) is 3.40. The Kier molecular flexibility index (Phi) is 5.80. The van der Waals surface area contributed by atoms with Crippen LogP contribution in [0, 0.1) is 5.82 Å². The minimum atomic E-state index is -0.278. The van der Waals surface area contributed by atoms with E-state index in [1.807, 2.05) is 36.2 Å². The summed E-state index contributed by atoms with van der Waals surface area (Å²) in [4.78, 5) is 6.43. The van der Waals surface area contributed by atoms with Crippen LogP contribution in [0.2, 0.25) is 0 Å². The van der Waals surface area contributed by atoms with Gasteiger partial charge in [0.1, 0.15) is 23.9 Å². The van der Waals surface area contributed by atoms with Gasteiger partial charge in [-0.3, -0.25) is 4.90 Å². The number of benzene rings is 2. The van der Waals surface area contributed by atoms with E-state index in [9.17, 15) is 4.39 Å². The lowest BCUT2D eigenvalue weighted by Crippen LogP contribution is -2.24. The van der Waals surface area contributed by atoms with E-state index < -0.39 is 0 Å². The number of methoxy groups -OCH3 is 1. The summed E-state index contributed by atoms with van der Waals surface area (Å²) in [5, 5.41) is 4.01. The third kappa shape index (κ3) is 4.80. The van der Waals surface area contributed by atoms with Gasteiger partial charge in [0, 0.05) is 12.1 Å². The van der Waals surface area contributed by atoms with Crippen LogP contribution in [0.3, 0.4) is 0 Å². The fourth-order valence-corrected chi connectivity index (χ4v) is 2.34. The lowest BCUT2D eigenvalue weighted by molar-refractivity contribution is 0.227. The Morgan fingerprint density at radius 2 is 1.73 bits per heavy atom.